The summed E-state index contributed by atoms with van der Waals surface area (Å²) in [6.07, 6.45) is -3.45. The van der Waals surface area contributed by atoms with Crippen molar-refractivity contribution >= 4 is 31.9 Å². The average Bonchev–Trinajstić information content (AvgIpc) is 2.54. The Balaban J connectivity index is 2.87. The number of nitrogens with zero attached hydrogens (tertiary/aromatic N) is 3. The molecule has 1 aromatic rings. The molecule has 1 heterocycles. The summed E-state index contributed by atoms with van der Waals surface area (Å²) in [5, 5.41) is 4.79. The van der Waals surface area contributed by atoms with Gasteiger partial charge in [0.05, 0.1) is 22.4 Å². The van der Waals surface area contributed by atoms with Crippen LogP contribution in [0.5, 0.6) is 0 Å². The van der Waals surface area contributed by atoms with Gasteiger partial charge >= 0.3 is 6.18 Å². The van der Waals surface area contributed by atoms with Gasteiger partial charge in [0, 0.05) is 25.5 Å². The zero-order chi connectivity index (χ0) is 14.6. The zero-order valence-electron chi connectivity index (χ0n) is 10.8. The third kappa shape index (κ3) is 5.07. The number of halogens is 5. The van der Waals surface area contributed by atoms with Gasteiger partial charge in [-0.15, -0.1) is 0 Å². The first-order chi connectivity index (χ1) is 8.78. The summed E-state index contributed by atoms with van der Waals surface area (Å²) in [6.45, 7) is 1.59. The van der Waals surface area contributed by atoms with Crippen LogP contribution in [-0.4, -0.2) is 39.3 Å². The van der Waals surface area contributed by atoms with E-state index in [1.54, 1.807) is 11.7 Å². The molecule has 0 saturated carbocycles. The Labute approximate surface area is 127 Å². The Kier molecular flexibility index (Phi) is 6.32. The van der Waals surface area contributed by atoms with Gasteiger partial charge in [-0.05, 0) is 22.4 Å². The summed E-state index contributed by atoms with van der Waals surface area (Å²) >= 11 is 6.60. The normalized spacial score (nSPS) is 12.4. The van der Waals surface area contributed by atoms with Crippen LogP contribution in [0.2, 0.25) is 0 Å². The van der Waals surface area contributed by atoms with E-state index in [0.717, 1.165) is 22.3 Å². The van der Waals surface area contributed by atoms with Crippen molar-refractivity contribution in [3.8, 4) is 0 Å². The molecule has 0 aliphatic rings. The lowest BCUT2D eigenvalue weighted by molar-refractivity contribution is -0.146. The summed E-state index contributed by atoms with van der Waals surface area (Å²) in [4.78, 5) is 1.36. The van der Waals surface area contributed by atoms with E-state index in [1.165, 1.54) is 4.90 Å². The summed E-state index contributed by atoms with van der Waals surface area (Å²) in [6, 6.07) is 0. The van der Waals surface area contributed by atoms with Gasteiger partial charge in [-0.3, -0.25) is 9.58 Å². The first-order valence-corrected chi connectivity index (χ1v) is 7.75. The van der Waals surface area contributed by atoms with E-state index in [0.29, 0.717) is 11.9 Å². The standard InChI is InChI=1S/C11H16Br2F3N3/c1-3-8-10(13)9(18(2)17-8)6-19(5-4-12)7-11(14,15)16/h3-7H2,1-2H3. The van der Waals surface area contributed by atoms with E-state index < -0.39 is 12.7 Å². The van der Waals surface area contributed by atoms with Crippen molar-refractivity contribution in [1.29, 1.82) is 0 Å². The van der Waals surface area contributed by atoms with E-state index in [9.17, 15) is 13.2 Å². The third-order valence-electron chi connectivity index (χ3n) is 2.68. The lowest BCUT2D eigenvalue weighted by Gasteiger charge is -2.22. The van der Waals surface area contributed by atoms with Crippen molar-refractivity contribution in [1.82, 2.24) is 14.7 Å². The van der Waals surface area contributed by atoms with Gasteiger partial charge in [0.25, 0.3) is 0 Å². The molecule has 1 aromatic heterocycles. The van der Waals surface area contributed by atoms with Gasteiger partial charge in [0.1, 0.15) is 0 Å². The summed E-state index contributed by atoms with van der Waals surface area (Å²) in [7, 11) is 1.75. The highest BCUT2D eigenvalue weighted by atomic mass is 79.9. The molecule has 0 saturated heterocycles. The Bertz CT molecular complexity index is 418. The number of aryl methyl sites for hydroxylation is 2. The number of aromatic nitrogens is 2. The maximum absolute atomic E-state index is 12.5. The van der Waals surface area contributed by atoms with Crippen LogP contribution >= 0.6 is 31.9 Å². The highest BCUT2D eigenvalue weighted by Crippen LogP contribution is 2.24. The lowest BCUT2D eigenvalue weighted by atomic mass is 10.3. The van der Waals surface area contributed by atoms with Gasteiger partial charge in [-0.1, -0.05) is 22.9 Å². The molecule has 1 rings (SSSR count). The molecule has 0 N–H and O–H groups in total. The van der Waals surface area contributed by atoms with E-state index in [1.807, 2.05) is 6.92 Å². The minimum absolute atomic E-state index is 0.217. The molecule has 0 fully saturated rings. The van der Waals surface area contributed by atoms with Gasteiger partial charge in [-0.25, -0.2) is 0 Å². The SMILES string of the molecule is CCc1nn(C)c(CN(CCBr)CC(F)(F)F)c1Br. The Morgan fingerprint density at radius 1 is 1.37 bits per heavy atom. The van der Waals surface area contributed by atoms with Gasteiger partial charge < -0.3 is 0 Å². The number of rotatable bonds is 6. The molecule has 0 atom stereocenters. The molecule has 0 radical (unpaired) electrons. The molecule has 0 aliphatic heterocycles. The number of hydrogen-bond donors (Lipinski definition) is 0. The van der Waals surface area contributed by atoms with Gasteiger partial charge in [0.15, 0.2) is 0 Å². The summed E-state index contributed by atoms with van der Waals surface area (Å²) in [5.74, 6) is 0. The van der Waals surface area contributed by atoms with E-state index in [4.69, 9.17) is 0 Å². The molecule has 0 aliphatic carbocycles. The molecule has 0 unspecified atom stereocenters. The molecular formula is C11H16Br2F3N3. The molecule has 19 heavy (non-hydrogen) atoms. The maximum Gasteiger partial charge on any atom is 0.401 e. The minimum atomic E-state index is -4.19. The molecule has 0 bridgehead atoms. The van der Waals surface area contributed by atoms with Crippen molar-refractivity contribution in [2.45, 2.75) is 26.1 Å². The van der Waals surface area contributed by atoms with Crippen LogP contribution in [0.1, 0.15) is 18.3 Å². The first-order valence-electron chi connectivity index (χ1n) is 5.83. The van der Waals surface area contributed by atoms with Crippen molar-refractivity contribution in [2.75, 3.05) is 18.4 Å². The number of hydrogen-bond acceptors (Lipinski definition) is 2. The maximum atomic E-state index is 12.5. The van der Waals surface area contributed by atoms with Gasteiger partial charge in [0.2, 0.25) is 0 Å². The van der Waals surface area contributed by atoms with Crippen molar-refractivity contribution in [3.63, 3.8) is 0 Å². The second kappa shape index (κ2) is 7.08. The van der Waals surface area contributed by atoms with E-state index in [2.05, 4.69) is 37.0 Å². The molecule has 8 heteroatoms. The number of alkyl halides is 4. The molecule has 0 aromatic carbocycles. The quantitative estimate of drug-likeness (QED) is 0.674. The topological polar surface area (TPSA) is 21.1 Å². The van der Waals surface area contributed by atoms with Crippen molar-refractivity contribution in [3.05, 3.63) is 15.9 Å². The fourth-order valence-electron chi connectivity index (χ4n) is 1.79. The van der Waals surface area contributed by atoms with Crippen LogP contribution in [0.4, 0.5) is 13.2 Å². The van der Waals surface area contributed by atoms with E-state index >= 15 is 0 Å². The van der Waals surface area contributed by atoms with Crippen LogP contribution in [0.3, 0.4) is 0 Å². The average molecular weight is 407 g/mol. The van der Waals surface area contributed by atoms with Crippen LogP contribution in [0.15, 0.2) is 4.47 Å². The fraction of sp³-hybridized carbons (Fsp3) is 0.727. The zero-order valence-corrected chi connectivity index (χ0v) is 13.9. The Morgan fingerprint density at radius 2 is 2.00 bits per heavy atom. The first kappa shape index (κ1) is 17.0. The molecular weight excluding hydrogens is 391 g/mol. The summed E-state index contributed by atoms with van der Waals surface area (Å²) < 4.78 is 40.0. The monoisotopic (exact) mass is 405 g/mol. The Hall–Kier alpha value is -0.0800. The van der Waals surface area contributed by atoms with Crippen molar-refractivity contribution < 1.29 is 13.2 Å². The predicted molar refractivity (Wildman–Crippen MR) is 75.4 cm³/mol. The third-order valence-corrected chi connectivity index (χ3v) is 3.95. The van der Waals surface area contributed by atoms with Crippen LogP contribution in [0.25, 0.3) is 0 Å². The minimum Gasteiger partial charge on any atom is -0.288 e. The molecule has 0 spiro atoms. The smallest absolute Gasteiger partial charge is 0.288 e. The fourth-order valence-corrected chi connectivity index (χ4v) is 3.03. The largest absolute Gasteiger partial charge is 0.401 e. The van der Waals surface area contributed by atoms with Crippen LogP contribution < -0.4 is 0 Å². The van der Waals surface area contributed by atoms with E-state index in [-0.39, 0.29) is 6.54 Å². The van der Waals surface area contributed by atoms with Crippen molar-refractivity contribution in [2.24, 2.45) is 7.05 Å². The Morgan fingerprint density at radius 3 is 2.42 bits per heavy atom. The molecule has 0 amide bonds. The lowest BCUT2D eigenvalue weighted by Crippen LogP contribution is -2.35. The van der Waals surface area contributed by atoms with Crippen LogP contribution in [0, 0.1) is 0 Å². The highest BCUT2D eigenvalue weighted by Gasteiger charge is 2.31. The molecule has 3 nitrogen and oxygen atoms in total. The second-order valence-electron chi connectivity index (χ2n) is 4.20. The molecule has 110 valence electrons. The summed E-state index contributed by atoms with van der Waals surface area (Å²) in [5.41, 5.74) is 1.63. The highest BCUT2D eigenvalue weighted by molar-refractivity contribution is 9.10. The predicted octanol–water partition coefficient (Wildman–Crippen LogP) is 3.50. The second-order valence-corrected chi connectivity index (χ2v) is 5.79. The van der Waals surface area contributed by atoms with Gasteiger partial charge in [-0.2, -0.15) is 18.3 Å². The van der Waals surface area contributed by atoms with Crippen LogP contribution in [-0.2, 0) is 20.0 Å².